The minimum atomic E-state index is -2.19. The lowest BCUT2D eigenvalue weighted by Crippen LogP contribution is -2.06. The van der Waals surface area contributed by atoms with Crippen LogP contribution in [0.5, 0.6) is 0 Å². The van der Waals surface area contributed by atoms with Gasteiger partial charge in [0.1, 0.15) is 0 Å². The molecular formula is C4H7F2N. The Morgan fingerprint density at radius 3 is 2.00 bits per heavy atom. The normalized spacial score (nSPS) is 39.4. The van der Waals surface area contributed by atoms with Crippen LogP contribution in [0.1, 0.15) is 6.42 Å². The Morgan fingerprint density at radius 2 is 2.00 bits per heavy atom. The van der Waals surface area contributed by atoms with Gasteiger partial charge in [0.15, 0.2) is 0 Å². The second-order valence-corrected chi connectivity index (χ2v) is 1.90. The molecule has 1 fully saturated rings. The van der Waals surface area contributed by atoms with Gasteiger partial charge in [-0.3, -0.25) is 0 Å². The van der Waals surface area contributed by atoms with Gasteiger partial charge in [0, 0.05) is 12.0 Å². The Hall–Kier alpha value is -0.180. The van der Waals surface area contributed by atoms with E-state index in [4.69, 9.17) is 5.73 Å². The van der Waals surface area contributed by atoms with E-state index in [0.29, 0.717) is 6.42 Å². The highest BCUT2D eigenvalue weighted by atomic mass is 19.3. The van der Waals surface area contributed by atoms with Gasteiger partial charge in [-0.2, -0.15) is 0 Å². The maximum Gasteiger partial charge on any atom is 0.242 e. The van der Waals surface area contributed by atoms with Crippen molar-refractivity contribution in [3.8, 4) is 0 Å². The van der Waals surface area contributed by atoms with Crippen LogP contribution in [-0.2, 0) is 0 Å². The minimum absolute atomic E-state index is 0.208. The van der Waals surface area contributed by atoms with Gasteiger partial charge in [-0.05, 0) is 6.42 Å². The number of rotatable bonds is 1. The van der Waals surface area contributed by atoms with Crippen molar-refractivity contribution in [3.05, 3.63) is 0 Å². The predicted octanol–water partition coefficient (Wildman–Crippen LogP) is 0.599. The SMILES string of the molecule is N[C@@H]1CC1C(F)F. The van der Waals surface area contributed by atoms with Crippen LogP contribution in [0.3, 0.4) is 0 Å². The molecule has 1 rings (SSSR count). The van der Waals surface area contributed by atoms with E-state index in [9.17, 15) is 8.78 Å². The summed E-state index contributed by atoms with van der Waals surface area (Å²) < 4.78 is 22.8. The Morgan fingerprint density at radius 1 is 1.57 bits per heavy atom. The molecule has 1 aliphatic carbocycles. The maximum atomic E-state index is 11.4. The fourth-order valence-corrected chi connectivity index (χ4v) is 0.525. The molecule has 0 heterocycles. The molecule has 0 aromatic rings. The Bertz CT molecular complexity index is 74.1. The zero-order chi connectivity index (χ0) is 5.44. The Labute approximate surface area is 40.5 Å². The van der Waals surface area contributed by atoms with Crippen LogP contribution in [0.15, 0.2) is 0 Å². The molecule has 0 aromatic carbocycles. The largest absolute Gasteiger partial charge is 0.327 e. The highest BCUT2D eigenvalue weighted by Crippen LogP contribution is 2.33. The molecule has 42 valence electrons. The zero-order valence-electron chi connectivity index (χ0n) is 3.77. The maximum absolute atomic E-state index is 11.4. The lowest BCUT2D eigenvalue weighted by molar-refractivity contribution is 0.121. The van der Waals surface area contributed by atoms with Crippen LogP contribution in [0.25, 0.3) is 0 Å². The van der Waals surface area contributed by atoms with Crippen molar-refractivity contribution in [2.24, 2.45) is 11.7 Å². The molecule has 7 heavy (non-hydrogen) atoms. The number of hydrogen-bond acceptors (Lipinski definition) is 1. The third kappa shape index (κ3) is 0.881. The van der Waals surface area contributed by atoms with Crippen molar-refractivity contribution in [3.63, 3.8) is 0 Å². The molecule has 0 spiro atoms. The number of halogens is 2. The van der Waals surface area contributed by atoms with Crippen LogP contribution >= 0.6 is 0 Å². The first-order chi connectivity index (χ1) is 3.22. The van der Waals surface area contributed by atoms with Crippen molar-refractivity contribution in [1.82, 2.24) is 0 Å². The van der Waals surface area contributed by atoms with Crippen LogP contribution in [0.2, 0.25) is 0 Å². The standard InChI is InChI=1S/C4H7F2N/c5-4(6)2-1-3(2)7/h2-4H,1,7H2/t2?,3-/m1/s1. The summed E-state index contributed by atoms with van der Waals surface area (Å²) in [7, 11) is 0. The molecule has 3 heteroatoms. The van der Waals surface area contributed by atoms with E-state index in [-0.39, 0.29) is 6.04 Å². The molecule has 0 amide bonds. The van der Waals surface area contributed by atoms with Crippen molar-refractivity contribution < 1.29 is 8.78 Å². The number of hydrogen-bond donors (Lipinski definition) is 1. The number of nitrogens with two attached hydrogens (primary N) is 1. The topological polar surface area (TPSA) is 26.0 Å². The molecule has 1 aliphatic rings. The molecule has 1 unspecified atom stereocenters. The fraction of sp³-hybridized carbons (Fsp3) is 1.00. The first-order valence-corrected chi connectivity index (χ1v) is 2.25. The molecule has 1 nitrogen and oxygen atoms in total. The summed E-state index contributed by atoms with van der Waals surface area (Å²) in [4.78, 5) is 0. The van der Waals surface area contributed by atoms with Crippen molar-refractivity contribution >= 4 is 0 Å². The van der Waals surface area contributed by atoms with E-state index in [1.165, 1.54) is 0 Å². The van der Waals surface area contributed by atoms with Crippen molar-refractivity contribution in [2.75, 3.05) is 0 Å². The molecule has 1 saturated carbocycles. The van der Waals surface area contributed by atoms with Gasteiger partial charge in [0.05, 0.1) is 0 Å². The third-order valence-electron chi connectivity index (χ3n) is 1.21. The van der Waals surface area contributed by atoms with E-state index in [2.05, 4.69) is 0 Å². The zero-order valence-corrected chi connectivity index (χ0v) is 3.77. The molecule has 0 radical (unpaired) electrons. The van der Waals surface area contributed by atoms with Gasteiger partial charge >= 0.3 is 0 Å². The molecule has 2 N–H and O–H groups in total. The van der Waals surface area contributed by atoms with Gasteiger partial charge in [-0.25, -0.2) is 8.78 Å². The van der Waals surface area contributed by atoms with Crippen LogP contribution in [-0.4, -0.2) is 12.5 Å². The average Bonchev–Trinajstić information content (AvgIpc) is 2.17. The summed E-state index contributed by atoms with van der Waals surface area (Å²) in [6, 6.07) is -0.208. The van der Waals surface area contributed by atoms with Gasteiger partial charge in [-0.1, -0.05) is 0 Å². The van der Waals surface area contributed by atoms with Gasteiger partial charge < -0.3 is 5.73 Å². The predicted molar refractivity (Wildman–Crippen MR) is 22.1 cm³/mol. The highest BCUT2D eigenvalue weighted by molar-refractivity contribution is 4.91. The van der Waals surface area contributed by atoms with Crippen LogP contribution in [0.4, 0.5) is 8.78 Å². The van der Waals surface area contributed by atoms with Gasteiger partial charge in [-0.15, -0.1) is 0 Å². The van der Waals surface area contributed by atoms with Crippen LogP contribution in [0, 0.1) is 5.92 Å². The lowest BCUT2D eigenvalue weighted by atomic mass is 10.4. The molecule has 0 aliphatic heterocycles. The van der Waals surface area contributed by atoms with E-state index in [1.54, 1.807) is 0 Å². The van der Waals surface area contributed by atoms with E-state index >= 15 is 0 Å². The summed E-state index contributed by atoms with van der Waals surface area (Å²) >= 11 is 0. The molecule has 2 atom stereocenters. The fourth-order valence-electron chi connectivity index (χ4n) is 0.525. The molecular weight excluding hydrogens is 100 g/mol. The summed E-state index contributed by atoms with van der Waals surface area (Å²) in [5.74, 6) is -0.486. The van der Waals surface area contributed by atoms with Crippen LogP contribution < -0.4 is 5.73 Å². The number of alkyl halides is 2. The summed E-state index contributed by atoms with van der Waals surface area (Å²) in [6.07, 6.45) is -1.67. The highest BCUT2D eigenvalue weighted by Gasteiger charge is 2.40. The Balaban J connectivity index is 2.20. The minimum Gasteiger partial charge on any atom is -0.327 e. The molecule has 0 bridgehead atoms. The van der Waals surface area contributed by atoms with E-state index in [0.717, 1.165) is 0 Å². The first kappa shape index (κ1) is 4.97. The summed E-state index contributed by atoms with van der Waals surface area (Å²) in [5, 5.41) is 0. The summed E-state index contributed by atoms with van der Waals surface area (Å²) in [5.41, 5.74) is 5.09. The van der Waals surface area contributed by atoms with Gasteiger partial charge in [0.2, 0.25) is 6.43 Å². The first-order valence-electron chi connectivity index (χ1n) is 2.25. The van der Waals surface area contributed by atoms with E-state index in [1.807, 2.05) is 0 Å². The smallest absolute Gasteiger partial charge is 0.242 e. The monoisotopic (exact) mass is 107 g/mol. The Kier molecular flexibility index (Phi) is 0.995. The van der Waals surface area contributed by atoms with E-state index < -0.39 is 12.3 Å². The van der Waals surface area contributed by atoms with Gasteiger partial charge in [0.25, 0.3) is 0 Å². The molecule has 0 aromatic heterocycles. The average molecular weight is 107 g/mol. The summed E-state index contributed by atoms with van der Waals surface area (Å²) in [6.45, 7) is 0. The lowest BCUT2D eigenvalue weighted by Gasteiger charge is -1.88. The van der Waals surface area contributed by atoms with Crippen molar-refractivity contribution in [1.29, 1.82) is 0 Å². The third-order valence-corrected chi connectivity index (χ3v) is 1.21. The quantitative estimate of drug-likeness (QED) is 0.521. The second kappa shape index (κ2) is 1.40. The second-order valence-electron chi connectivity index (χ2n) is 1.90. The van der Waals surface area contributed by atoms with Crippen molar-refractivity contribution in [2.45, 2.75) is 18.9 Å². The molecule has 0 saturated heterocycles.